The predicted octanol–water partition coefficient (Wildman–Crippen LogP) is 5.61. The van der Waals surface area contributed by atoms with Crippen LogP contribution in [0.2, 0.25) is 0 Å². The number of para-hydroxylation sites is 1. The summed E-state index contributed by atoms with van der Waals surface area (Å²) in [6, 6.07) is 19.3. The van der Waals surface area contributed by atoms with Gasteiger partial charge in [0.2, 0.25) is 0 Å². The zero-order valence-electron chi connectivity index (χ0n) is 18.9. The molecule has 0 bridgehead atoms. The minimum Gasteiger partial charge on any atom is -0.494 e. The van der Waals surface area contributed by atoms with Crippen LogP contribution in [-0.4, -0.2) is 40.4 Å². The van der Waals surface area contributed by atoms with E-state index in [1.807, 2.05) is 81.4 Å². The quantitative estimate of drug-likeness (QED) is 0.407. The molecule has 2 heterocycles. The lowest BCUT2D eigenvalue weighted by molar-refractivity contribution is -0.123. The van der Waals surface area contributed by atoms with Crippen molar-refractivity contribution < 1.29 is 19.1 Å². The Balaban J connectivity index is 1.49. The van der Waals surface area contributed by atoms with Gasteiger partial charge in [0.25, 0.3) is 11.1 Å². The number of aryl methyl sites for hydroxylation is 1. The maximum atomic E-state index is 12.9. The van der Waals surface area contributed by atoms with Crippen LogP contribution in [0, 0.1) is 13.8 Å². The lowest BCUT2D eigenvalue weighted by atomic mass is 10.2. The van der Waals surface area contributed by atoms with Gasteiger partial charge in [0, 0.05) is 17.1 Å². The van der Waals surface area contributed by atoms with E-state index in [9.17, 15) is 9.59 Å². The molecule has 0 atom stereocenters. The number of rotatable bonds is 8. The molecule has 0 saturated carbocycles. The van der Waals surface area contributed by atoms with Crippen molar-refractivity contribution in [2.75, 3.05) is 19.8 Å². The number of hydrogen-bond acceptors (Lipinski definition) is 5. The molecule has 1 aliphatic rings. The Morgan fingerprint density at radius 1 is 0.939 bits per heavy atom. The Morgan fingerprint density at radius 2 is 1.64 bits per heavy atom. The van der Waals surface area contributed by atoms with Crippen molar-refractivity contribution in [2.24, 2.45) is 0 Å². The lowest BCUT2D eigenvalue weighted by Gasteiger charge is -2.13. The molecule has 7 heteroatoms. The smallest absolute Gasteiger partial charge is 0.293 e. The molecule has 3 aromatic rings. The Bertz CT molecular complexity index is 1180. The molecule has 1 fully saturated rings. The summed E-state index contributed by atoms with van der Waals surface area (Å²) in [5.74, 6) is 1.25. The second-order valence-corrected chi connectivity index (χ2v) is 8.58. The topological polar surface area (TPSA) is 60.8 Å². The van der Waals surface area contributed by atoms with Crippen molar-refractivity contribution in [3.8, 4) is 17.2 Å². The van der Waals surface area contributed by atoms with Gasteiger partial charge in [0.05, 0.1) is 18.1 Å². The third kappa shape index (κ3) is 4.98. The van der Waals surface area contributed by atoms with E-state index in [4.69, 9.17) is 9.47 Å². The van der Waals surface area contributed by atoms with Gasteiger partial charge in [-0.3, -0.25) is 14.5 Å². The maximum absolute atomic E-state index is 12.9. The highest BCUT2D eigenvalue weighted by atomic mass is 32.2. The molecule has 0 unspecified atom stereocenters. The number of carbonyl (C=O) groups excluding carboxylic acids is 2. The van der Waals surface area contributed by atoms with Crippen LogP contribution in [0.4, 0.5) is 4.79 Å². The molecular weight excluding hydrogens is 436 g/mol. The fourth-order valence-corrected chi connectivity index (χ4v) is 4.65. The molecule has 1 aliphatic heterocycles. The normalized spacial score (nSPS) is 14.9. The summed E-state index contributed by atoms with van der Waals surface area (Å²) >= 11 is 0.967. The van der Waals surface area contributed by atoms with Crippen LogP contribution >= 0.6 is 11.8 Å². The Morgan fingerprint density at radius 3 is 2.33 bits per heavy atom. The van der Waals surface area contributed by atoms with E-state index in [-0.39, 0.29) is 24.3 Å². The van der Waals surface area contributed by atoms with Crippen LogP contribution in [0.3, 0.4) is 0 Å². The first-order valence-corrected chi connectivity index (χ1v) is 11.6. The molecule has 33 heavy (non-hydrogen) atoms. The second kappa shape index (κ2) is 10.0. The fourth-order valence-electron chi connectivity index (χ4n) is 3.79. The molecule has 1 aromatic heterocycles. The molecule has 0 aliphatic carbocycles. The minimum atomic E-state index is -0.285. The van der Waals surface area contributed by atoms with Crippen molar-refractivity contribution in [1.29, 1.82) is 0 Å². The van der Waals surface area contributed by atoms with E-state index in [0.717, 1.165) is 40.2 Å². The molecule has 170 valence electrons. The zero-order chi connectivity index (χ0) is 23.4. The summed E-state index contributed by atoms with van der Waals surface area (Å²) in [6.07, 6.45) is 1.80. The number of hydrogen-bond donors (Lipinski definition) is 0. The summed E-state index contributed by atoms with van der Waals surface area (Å²) in [5, 5.41) is -0.275. The van der Waals surface area contributed by atoms with Gasteiger partial charge >= 0.3 is 0 Å². The summed E-state index contributed by atoms with van der Waals surface area (Å²) in [5.41, 5.74) is 3.96. The summed E-state index contributed by atoms with van der Waals surface area (Å²) in [6.45, 7) is 7.07. The number of carbonyl (C=O) groups is 2. The SMILES string of the molecule is CCOc1ccc(-n2c(C)cc(/C=C3\SC(=O)N(CCOc4ccccc4)C3=O)c2C)cc1. The first kappa shape index (κ1) is 22.7. The van der Waals surface area contributed by atoms with Gasteiger partial charge in [0.15, 0.2) is 0 Å². The third-order valence-corrected chi connectivity index (χ3v) is 6.27. The largest absolute Gasteiger partial charge is 0.494 e. The van der Waals surface area contributed by atoms with Crippen molar-refractivity contribution in [1.82, 2.24) is 9.47 Å². The Kier molecular flexibility index (Phi) is 6.89. The Labute approximate surface area is 197 Å². The molecule has 6 nitrogen and oxygen atoms in total. The van der Waals surface area contributed by atoms with Crippen LogP contribution in [0.15, 0.2) is 65.6 Å². The zero-order valence-corrected chi connectivity index (χ0v) is 19.7. The number of ether oxygens (including phenoxy) is 2. The Hall–Kier alpha value is -3.45. The van der Waals surface area contributed by atoms with E-state index < -0.39 is 0 Å². The van der Waals surface area contributed by atoms with Gasteiger partial charge in [-0.05, 0) is 86.6 Å². The molecule has 2 amide bonds. The van der Waals surface area contributed by atoms with Gasteiger partial charge in [0.1, 0.15) is 18.1 Å². The van der Waals surface area contributed by atoms with Gasteiger partial charge in [-0.15, -0.1) is 0 Å². The average Bonchev–Trinajstić information content (AvgIpc) is 3.24. The monoisotopic (exact) mass is 462 g/mol. The highest BCUT2D eigenvalue weighted by Gasteiger charge is 2.35. The van der Waals surface area contributed by atoms with Crippen molar-refractivity contribution in [2.45, 2.75) is 20.8 Å². The van der Waals surface area contributed by atoms with Crippen molar-refractivity contribution in [3.63, 3.8) is 0 Å². The number of amides is 2. The molecule has 4 rings (SSSR count). The van der Waals surface area contributed by atoms with Crippen LogP contribution in [0.1, 0.15) is 23.9 Å². The van der Waals surface area contributed by atoms with Crippen LogP contribution in [0.25, 0.3) is 11.8 Å². The van der Waals surface area contributed by atoms with E-state index in [0.29, 0.717) is 17.3 Å². The molecule has 1 saturated heterocycles. The van der Waals surface area contributed by atoms with Crippen LogP contribution in [0.5, 0.6) is 11.5 Å². The highest BCUT2D eigenvalue weighted by molar-refractivity contribution is 8.18. The van der Waals surface area contributed by atoms with E-state index in [2.05, 4.69) is 4.57 Å². The fraction of sp³-hybridized carbons (Fsp3) is 0.231. The van der Waals surface area contributed by atoms with Gasteiger partial charge < -0.3 is 14.0 Å². The van der Waals surface area contributed by atoms with Crippen LogP contribution in [-0.2, 0) is 4.79 Å². The average molecular weight is 463 g/mol. The number of aromatic nitrogens is 1. The molecule has 0 spiro atoms. The summed E-state index contributed by atoms with van der Waals surface area (Å²) < 4.78 is 13.3. The standard InChI is InChI=1S/C26H26N2O4S/c1-4-31-23-12-10-21(11-13-23)28-18(2)16-20(19(28)3)17-24-25(29)27(26(30)33-24)14-15-32-22-8-6-5-7-9-22/h5-13,16-17H,4,14-15H2,1-3H3/b24-17-. The lowest BCUT2D eigenvalue weighted by Crippen LogP contribution is -2.32. The van der Waals surface area contributed by atoms with Gasteiger partial charge in [-0.1, -0.05) is 18.2 Å². The maximum Gasteiger partial charge on any atom is 0.293 e. The third-order valence-electron chi connectivity index (χ3n) is 5.36. The van der Waals surface area contributed by atoms with Gasteiger partial charge in [-0.25, -0.2) is 0 Å². The van der Waals surface area contributed by atoms with Crippen molar-refractivity contribution >= 4 is 29.0 Å². The second-order valence-electron chi connectivity index (χ2n) is 7.58. The first-order chi connectivity index (χ1) is 16.0. The molecule has 2 aromatic carbocycles. The van der Waals surface area contributed by atoms with Crippen molar-refractivity contribution in [3.05, 3.63) is 82.5 Å². The predicted molar refractivity (Wildman–Crippen MR) is 131 cm³/mol. The number of benzene rings is 2. The highest BCUT2D eigenvalue weighted by Crippen LogP contribution is 2.33. The number of thioether (sulfide) groups is 1. The molecule has 0 radical (unpaired) electrons. The minimum absolute atomic E-state index is 0.210. The van der Waals surface area contributed by atoms with E-state index >= 15 is 0 Å². The van der Waals surface area contributed by atoms with E-state index in [1.54, 1.807) is 6.08 Å². The van der Waals surface area contributed by atoms with Gasteiger partial charge in [-0.2, -0.15) is 0 Å². The van der Waals surface area contributed by atoms with E-state index in [1.165, 1.54) is 4.90 Å². The molecule has 0 N–H and O–H groups in total. The first-order valence-electron chi connectivity index (χ1n) is 10.8. The summed E-state index contributed by atoms with van der Waals surface area (Å²) in [4.78, 5) is 27.0. The molecular formula is C26H26N2O4S. The number of nitrogens with zero attached hydrogens (tertiary/aromatic N) is 2. The summed E-state index contributed by atoms with van der Waals surface area (Å²) in [7, 11) is 0. The number of imide groups is 1. The van der Waals surface area contributed by atoms with Crippen LogP contribution < -0.4 is 9.47 Å².